The molecule has 0 spiro atoms. The summed E-state index contributed by atoms with van der Waals surface area (Å²) in [5, 5.41) is 13.9. The third kappa shape index (κ3) is 3.24. The Morgan fingerprint density at radius 3 is 2.70 bits per heavy atom. The van der Waals surface area contributed by atoms with Crippen LogP contribution in [0.25, 0.3) is 0 Å². The molecule has 0 unspecified atom stereocenters. The van der Waals surface area contributed by atoms with Gasteiger partial charge in [-0.05, 0) is 30.7 Å². The summed E-state index contributed by atoms with van der Waals surface area (Å²) in [6.45, 7) is 2.03. The lowest BCUT2D eigenvalue weighted by molar-refractivity contribution is -0.385. The first kappa shape index (κ1) is 14.3. The van der Waals surface area contributed by atoms with E-state index >= 15 is 0 Å². The quantitative estimate of drug-likeness (QED) is 0.675. The van der Waals surface area contributed by atoms with Gasteiger partial charge in [0.2, 0.25) is 0 Å². The molecular weight excluding hydrogens is 283 g/mol. The second-order valence-corrected chi connectivity index (χ2v) is 4.77. The number of aryl methyl sites for hydroxylation is 1. The van der Waals surface area contributed by atoms with Crippen LogP contribution in [0.1, 0.15) is 11.1 Å². The maximum absolute atomic E-state index is 13.3. The Balaban J connectivity index is 2.12. The van der Waals surface area contributed by atoms with Crippen molar-refractivity contribution in [2.75, 3.05) is 5.32 Å². The fourth-order valence-corrected chi connectivity index (χ4v) is 1.89. The van der Waals surface area contributed by atoms with Gasteiger partial charge in [0.1, 0.15) is 5.82 Å². The molecule has 2 rings (SSSR count). The van der Waals surface area contributed by atoms with Gasteiger partial charge in [-0.15, -0.1) is 0 Å². The first-order chi connectivity index (χ1) is 9.47. The minimum atomic E-state index is -0.485. The molecule has 0 radical (unpaired) electrons. The summed E-state index contributed by atoms with van der Waals surface area (Å²) in [4.78, 5) is 10.4. The minimum absolute atomic E-state index is 0.0530. The molecule has 0 aliphatic heterocycles. The van der Waals surface area contributed by atoms with Crippen LogP contribution < -0.4 is 5.32 Å². The van der Waals surface area contributed by atoms with Crippen molar-refractivity contribution in [1.82, 2.24) is 0 Å². The van der Waals surface area contributed by atoms with E-state index in [9.17, 15) is 14.5 Å². The first-order valence-corrected chi connectivity index (χ1v) is 6.28. The number of nitro groups is 1. The first-order valence-electron chi connectivity index (χ1n) is 5.90. The highest BCUT2D eigenvalue weighted by Crippen LogP contribution is 2.23. The second kappa shape index (κ2) is 5.88. The number of halogens is 2. The SMILES string of the molecule is Cc1ccc(NCc2ccc(Cl)c(F)c2)cc1[N+](=O)[O-]. The van der Waals surface area contributed by atoms with Crippen molar-refractivity contribution < 1.29 is 9.31 Å². The largest absolute Gasteiger partial charge is 0.381 e. The number of hydrogen-bond acceptors (Lipinski definition) is 3. The van der Waals surface area contributed by atoms with Crippen LogP contribution in [0.15, 0.2) is 36.4 Å². The zero-order valence-corrected chi connectivity index (χ0v) is 11.4. The zero-order valence-electron chi connectivity index (χ0n) is 10.7. The van der Waals surface area contributed by atoms with Gasteiger partial charge in [0.15, 0.2) is 0 Å². The van der Waals surface area contributed by atoms with Crippen molar-refractivity contribution in [1.29, 1.82) is 0 Å². The molecule has 0 saturated heterocycles. The zero-order chi connectivity index (χ0) is 14.7. The summed E-state index contributed by atoms with van der Waals surface area (Å²) < 4.78 is 13.3. The average molecular weight is 295 g/mol. The number of hydrogen-bond donors (Lipinski definition) is 1. The predicted octanol–water partition coefficient (Wildman–Crippen LogP) is 4.31. The van der Waals surface area contributed by atoms with Gasteiger partial charge in [-0.3, -0.25) is 10.1 Å². The van der Waals surface area contributed by atoms with E-state index in [4.69, 9.17) is 11.6 Å². The lowest BCUT2D eigenvalue weighted by atomic mass is 10.1. The van der Waals surface area contributed by atoms with E-state index < -0.39 is 10.7 Å². The fraction of sp³-hybridized carbons (Fsp3) is 0.143. The van der Waals surface area contributed by atoms with Gasteiger partial charge >= 0.3 is 0 Å². The molecule has 0 heterocycles. The van der Waals surface area contributed by atoms with Gasteiger partial charge in [0.25, 0.3) is 5.69 Å². The average Bonchev–Trinajstić information content (AvgIpc) is 2.41. The molecule has 1 N–H and O–H groups in total. The highest BCUT2D eigenvalue weighted by Gasteiger charge is 2.10. The Bertz CT molecular complexity index is 662. The number of anilines is 1. The van der Waals surface area contributed by atoms with E-state index in [0.717, 1.165) is 0 Å². The predicted molar refractivity (Wildman–Crippen MR) is 76.6 cm³/mol. The Labute approximate surface area is 120 Å². The highest BCUT2D eigenvalue weighted by atomic mass is 35.5. The highest BCUT2D eigenvalue weighted by molar-refractivity contribution is 6.30. The van der Waals surface area contributed by atoms with E-state index in [2.05, 4.69) is 5.32 Å². The Morgan fingerprint density at radius 1 is 1.30 bits per heavy atom. The Kier molecular flexibility index (Phi) is 4.20. The summed E-state index contributed by atoms with van der Waals surface area (Å²) in [7, 11) is 0. The minimum Gasteiger partial charge on any atom is -0.381 e. The molecule has 0 aromatic heterocycles. The molecule has 0 amide bonds. The normalized spacial score (nSPS) is 10.3. The van der Waals surface area contributed by atoms with Crippen LogP contribution in [0.4, 0.5) is 15.8 Å². The van der Waals surface area contributed by atoms with Crippen molar-refractivity contribution in [2.24, 2.45) is 0 Å². The molecule has 4 nitrogen and oxygen atoms in total. The maximum Gasteiger partial charge on any atom is 0.274 e. The molecule has 2 aromatic rings. The molecule has 0 saturated carbocycles. The molecule has 6 heteroatoms. The van der Waals surface area contributed by atoms with Crippen molar-refractivity contribution in [3.63, 3.8) is 0 Å². The van der Waals surface area contributed by atoms with Crippen molar-refractivity contribution in [3.05, 3.63) is 68.5 Å². The van der Waals surface area contributed by atoms with Gasteiger partial charge < -0.3 is 5.32 Å². The van der Waals surface area contributed by atoms with E-state index in [1.807, 2.05) is 0 Å². The van der Waals surface area contributed by atoms with Crippen LogP contribution in [0, 0.1) is 22.9 Å². The van der Waals surface area contributed by atoms with Gasteiger partial charge in [0.05, 0.1) is 9.95 Å². The fourth-order valence-electron chi connectivity index (χ4n) is 1.77. The number of benzene rings is 2. The van der Waals surface area contributed by atoms with Gasteiger partial charge in [-0.2, -0.15) is 0 Å². The standard InChI is InChI=1S/C14H12ClFN2O2/c1-9-2-4-11(7-14(9)18(19)20)17-8-10-3-5-12(15)13(16)6-10/h2-7,17H,8H2,1H3. The monoisotopic (exact) mass is 294 g/mol. The summed E-state index contributed by atoms with van der Waals surface area (Å²) in [5.41, 5.74) is 1.96. The molecule has 104 valence electrons. The maximum atomic E-state index is 13.3. The van der Waals surface area contributed by atoms with Crippen LogP contribution >= 0.6 is 11.6 Å². The van der Waals surface area contributed by atoms with Gasteiger partial charge in [-0.25, -0.2) is 4.39 Å². The summed E-state index contributed by atoms with van der Waals surface area (Å²) >= 11 is 5.60. The van der Waals surface area contributed by atoms with E-state index in [-0.39, 0.29) is 10.7 Å². The Hall–Kier alpha value is -2.14. The van der Waals surface area contributed by atoms with Crippen LogP contribution in [0.5, 0.6) is 0 Å². The number of nitro benzene ring substituents is 1. The topological polar surface area (TPSA) is 55.2 Å². The van der Waals surface area contributed by atoms with Crippen molar-refractivity contribution in [2.45, 2.75) is 13.5 Å². The van der Waals surface area contributed by atoms with Crippen LogP contribution in [-0.4, -0.2) is 4.92 Å². The number of nitrogens with one attached hydrogen (secondary N) is 1. The summed E-state index contributed by atoms with van der Waals surface area (Å²) in [5.74, 6) is -0.485. The molecule has 0 aliphatic carbocycles. The molecule has 0 aliphatic rings. The molecule has 0 fully saturated rings. The second-order valence-electron chi connectivity index (χ2n) is 4.36. The summed E-state index contributed by atoms with van der Waals surface area (Å²) in [6, 6.07) is 9.38. The molecule has 2 aromatic carbocycles. The number of rotatable bonds is 4. The molecular formula is C14H12ClFN2O2. The smallest absolute Gasteiger partial charge is 0.274 e. The lowest BCUT2D eigenvalue weighted by Gasteiger charge is -2.08. The summed E-state index contributed by atoms with van der Waals surface area (Å²) in [6.07, 6.45) is 0. The van der Waals surface area contributed by atoms with E-state index in [1.54, 1.807) is 25.1 Å². The van der Waals surface area contributed by atoms with E-state index in [1.165, 1.54) is 18.2 Å². The van der Waals surface area contributed by atoms with Gasteiger partial charge in [0, 0.05) is 23.9 Å². The number of nitrogens with zero attached hydrogens (tertiary/aromatic N) is 1. The van der Waals surface area contributed by atoms with Crippen molar-refractivity contribution >= 4 is 23.0 Å². The molecule has 0 atom stereocenters. The lowest BCUT2D eigenvalue weighted by Crippen LogP contribution is -2.01. The van der Waals surface area contributed by atoms with Crippen molar-refractivity contribution in [3.8, 4) is 0 Å². The van der Waals surface area contributed by atoms with Crippen LogP contribution in [-0.2, 0) is 6.54 Å². The molecule has 0 bridgehead atoms. The molecule has 20 heavy (non-hydrogen) atoms. The third-order valence-corrected chi connectivity index (χ3v) is 3.19. The third-order valence-electron chi connectivity index (χ3n) is 2.89. The Morgan fingerprint density at radius 2 is 2.05 bits per heavy atom. The van der Waals surface area contributed by atoms with E-state index in [0.29, 0.717) is 23.4 Å². The van der Waals surface area contributed by atoms with Crippen LogP contribution in [0.2, 0.25) is 5.02 Å². The van der Waals surface area contributed by atoms with Crippen LogP contribution in [0.3, 0.4) is 0 Å². The van der Waals surface area contributed by atoms with Gasteiger partial charge in [-0.1, -0.05) is 23.7 Å².